The van der Waals surface area contributed by atoms with Gasteiger partial charge in [-0.2, -0.15) is 0 Å². The van der Waals surface area contributed by atoms with E-state index in [9.17, 15) is 4.79 Å². The van der Waals surface area contributed by atoms with Crippen molar-refractivity contribution in [3.05, 3.63) is 35.4 Å². The first-order valence-electron chi connectivity index (χ1n) is 7.00. The maximum absolute atomic E-state index is 11.2. The Bertz CT molecular complexity index is 405. The first kappa shape index (κ1) is 14.2. The Morgan fingerprint density at radius 1 is 1.32 bits per heavy atom. The molecule has 1 saturated heterocycles. The number of ketones is 1. The Kier molecular flexibility index (Phi) is 5.11. The van der Waals surface area contributed by atoms with Gasteiger partial charge in [0.25, 0.3) is 0 Å². The molecular formula is C16H22O3. The SMILES string of the molecule is CCC(Cc1ccc(C(C)=O)cc1)C1COCCO1. The Morgan fingerprint density at radius 2 is 2.05 bits per heavy atom. The maximum atomic E-state index is 11.2. The van der Waals surface area contributed by atoms with Crippen LogP contribution in [-0.2, 0) is 15.9 Å². The molecule has 1 heterocycles. The van der Waals surface area contributed by atoms with E-state index in [4.69, 9.17) is 9.47 Å². The number of carbonyl (C=O) groups excluding carboxylic acids is 1. The topological polar surface area (TPSA) is 35.5 Å². The van der Waals surface area contributed by atoms with E-state index < -0.39 is 0 Å². The van der Waals surface area contributed by atoms with Gasteiger partial charge in [0, 0.05) is 5.56 Å². The van der Waals surface area contributed by atoms with Crippen molar-refractivity contribution >= 4 is 5.78 Å². The van der Waals surface area contributed by atoms with Gasteiger partial charge in [-0.25, -0.2) is 0 Å². The molecule has 0 bridgehead atoms. The molecule has 0 aliphatic carbocycles. The zero-order valence-corrected chi connectivity index (χ0v) is 11.7. The Hall–Kier alpha value is -1.19. The van der Waals surface area contributed by atoms with E-state index in [2.05, 4.69) is 6.92 Å². The minimum Gasteiger partial charge on any atom is -0.376 e. The van der Waals surface area contributed by atoms with Gasteiger partial charge in [-0.15, -0.1) is 0 Å². The second-order valence-electron chi connectivity index (χ2n) is 5.11. The molecule has 1 aliphatic rings. The summed E-state index contributed by atoms with van der Waals surface area (Å²) >= 11 is 0. The van der Waals surface area contributed by atoms with E-state index in [1.54, 1.807) is 6.92 Å². The average molecular weight is 262 g/mol. The van der Waals surface area contributed by atoms with Gasteiger partial charge in [-0.05, 0) is 24.8 Å². The first-order chi connectivity index (χ1) is 9.20. The van der Waals surface area contributed by atoms with Gasteiger partial charge in [-0.3, -0.25) is 4.79 Å². The van der Waals surface area contributed by atoms with Crippen LogP contribution in [0.3, 0.4) is 0 Å². The molecule has 2 unspecified atom stereocenters. The molecule has 0 N–H and O–H groups in total. The molecule has 104 valence electrons. The smallest absolute Gasteiger partial charge is 0.159 e. The molecule has 0 amide bonds. The average Bonchev–Trinajstić information content (AvgIpc) is 2.46. The third-order valence-corrected chi connectivity index (χ3v) is 3.75. The van der Waals surface area contributed by atoms with Crippen LogP contribution in [0.2, 0.25) is 0 Å². The summed E-state index contributed by atoms with van der Waals surface area (Å²) in [6, 6.07) is 7.90. The maximum Gasteiger partial charge on any atom is 0.159 e. The zero-order chi connectivity index (χ0) is 13.7. The number of hydrogen-bond acceptors (Lipinski definition) is 3. The Morgan fingerprint density at radius 3 is 2.58 bits per heavy atom. The van der Waals surface area contributed by atoms with Crippen molar-refractivity contribution in [1.29, 1.82) is 0 Å². The summed E-state index contributed by atoms with van der Waals surface area (Å²) in [5.74, 6) is 0.589. The summed E-state index contributed by atoms with van der Waals surface area (Å²) in [7, 11) is 0. The quantitative estimate of drug-likeness (QED) is 0.765. The van der Waals surface area contributed by atoms with Crippen molar-refractivity contribution in [1.82, 2.24) is 0 Å². The largest absolute Gasteiger partial charge is 0.376 e. The van der Waals surface area contributed by atoms with Crippen molar-refractivity contribution in [3.8, 4) is 0 Å². The van der Waals surface area contributed by atoms with E-state index in [1.165, 1.54) is 5.56 Å². The number of hydrogen-bond donors (Lipinski definition) is 0. The fraction of sp³-hybridized carbons (Fsp3) is 0.562. The standard InChI is InChI=1S/C16H22O3/c1-3-14(16-11-18-8-9-19-16)10-13-4-6-15(7-5-13)12(2)17/h4-7,14,16H,3,8-11H2,1-2H3. The summed E-state index contributed by atoms with van der Waals surface area (Å²) < 4.78 is 11.3. The summed E-state index contributed by atoms with van der Waals surface area (Å²) in [5.41, 5.74) is 2.03. The lowest BCUT2D eigenvalue weighted by atomic mass is 9.91. The number of rotatable bonds is 5. The molecule has 1 aromatic rings. The highest BCUT2D eigenvalue weighted by Gasteiger charge is 2.23. The van der Waals surface area contributed by atoms with Gasteiger partial charge in [0.1, 0.15) is 0 Å². The Labute approximate surface area is 114 Å². The Balaban J connectivity index is 1.99. The highest BCUT2D eigenvalue weighted by molar-refractivity contribution is 5.93. The van der Waals surface area contributed by atoms with E-state index in [0.717, 1.165) is 18.4 Å². The number of ether oxygens (including phenoxy) is 2. The van der Waals surface area contributed by atoms with Crippen LogP contribution in [0.5, 0.6) is 0 Å². The van der Waals surface area contributed by atoms with E-state index in [0.29, 0.717) is 25.7 Å². The van der Waals surface area contributed by atoms with Gasteiger partial charge in [0.15, 0.2) is 5.78 Å². The molecule has 1 aromatic carbocycles. The predicted molar refractivity (Wildman–Crippen MR) is 74.5 cm³/mol. The van der Waals surface area contributed by atoms with Gasteiger partial charge in [-0.1, -0.05) is 37.6 Å². The van der Waals surface area contributed by atoms with E-state index in [-0.39, 0.29) is 11.9 Å². The monoisotopic (exact) mass is 262 g/mol. The lowest BCUT2D eigenvalue weighted by molar-refractivity contribution is -0.111. The van der Waals surface area contributed by atoms with Gasteiger partial charge < -0.3 is 9.47 Å². The molecule has 0 saturated carbocycles. The van der Waals surface area contributed by atoms with Crippen LogP contribution in [-0.4, -0.2) is 31.7 Å². The summed E-state index contributed by atoms with van der Waals surface area (Å²) in [6.45, 7) is 5.89. The van der Waals surface area contributed by atoms with Crippen LogP contribution in [0, 0.1) is 5.92 Å². The van der Waals surface area contributed by atoms with Crippen LogP contribution < -0.4 is 0 Å². The molecule has 1 fully saturated rings. The molecule has 0 spiro atoms. The van der Waals surface area contributed by atoms with Crippen molar-refractivity contribution in [2.45, 2.75) is 32.8 Å². The minimum atomic E-state index is 0.114. The van der Waals surface area contributed by atoms with Crippen LogP contribution in [0.1, 0.15) is 36.2 Å². The molecule has 2 rings (SSSR count). The minimum absolute atomic E-state index is 0.114. The predicted octanol–water partition coefficient (Wildman–Crippen LogP) is 2.87. The fourth-order valence-electron chi connectivity index (χ4n) is 2.50. The van der Waals surface area contributed by atoms with E-state index in [1.807, 2.05) is 24.3 Å². The normalized spacial score (nSPS) is 21.1. The lowest BCUT2D eigenvalue weighted by Crippen LogP contribution is -2.35. The molecule has 3 heteroatoms. The van der Waals surface area contributed by atoms with E-state index >= 15 is 0 Å². The highest BCUT2D eigenvalue weighted by Crippen LogP contribution is 2.21. The van der Waals surface area contributed by atoms with Crippen molar-refractivity contribution in [2.75, 3.05) is 19.8 Å². The lowest BCUT2D eigenvalue weighted by Gasteiger charge is -2.30. The molecule has 0 aromatic heterocycles. The van der Waals surface area contributed by atoms with Crippen LogP contribution in [0.15, 0.2) is 24.3 Å². The fourth-order valence-corrected chi connectivity index (χ4v) is 2.50. The van der Waals surface area contributed by atoms with Crippen LogP contribution in [0.4, 0.5) is 0 Å². The van der Waals surface area contributed by atoms with Gasteiger partial charge in [0.2, 0.25) is 0 Å². The number of benzene rings is 1. The molecule has 1 aliphatic heterocycles. The third kappa shape index (κ3) is 3.88. The van der Waals surface area contributed by atoms with Crippen molar-refractivity contribution < 1.29 is 14.3 Å². The summed E-state index contributed by atoms with van der Waals surface area (Å²) in [6.07, 6.45) is 2.25. The van der Waals surface area contributed by atoms with Gasteiger partial charge in [0.05, 0.1) is 25.9 Å². The second-order valence-corrected chi connectivity index (χ2v) is 5.11. The second kappa shape index (κ2) is 6.83. The number of Topliss-reactive ketones (excluding diaryl/α,β-unsaturated/α-hetero) is 1. The summed E-state index contributed by atoms with van der Waals surface area (Å²) in [4.78, 5) is 11.2. The van der Waals surface area contributed by atoms with Crippen LogP contribution in [0.25, 0.3) is 0 Å². The molecule has 0 radical (unpaired) electrons. The molecule has 2 atom stereocenters. The van der Waals surface area contributed by atoms with Gasteiger partial charge >= 0.3 is 0 Å². The van der Waals surface area contributed by atoms with Crippen LogP contribution >= 0.6 is 0 Å². The highest BCUT2D eigenvalue weighted by atomic mass is 16.6. The molecule has 19 heavy (non-hydrogen) atoms. The summed E-state index contributed by atoms with van der Waals surface area (Å²) in [5, 5.41) is 0. The molecular weight excluding hydrogens is 240 g/mol. The van der Waals surface area contributed by atoms with Crippen molar-refractivity contribution in [2.24, 2.45) is 5.92 Å². The first-order valence-corrected chi connectivity index (χ1v) is 7.00. The van der Waals surface area contributed by atoms with Crippen molar-refractivity contribution in [3.63, 3.8) is 0 Å². The zero-order valence-electron chi connectivity index (χ0n) is 11.7. The number of carbonyl (C=O) groups is 1. The third-order valence-electron chi connectivity index (χ3n) is 3.75. The molecule has 3 nitrogen and oxygen atoms in total.